The Balaban J connectivity index is 1.99. The lowest BCUT2D eigenvalue weighted by atomic mass is 9.80. The normalized spacial score (nSPS) is 17.2. The molecule has 92 valence electrons. The van der Waals surface area contributed by atoms with Crippen molar-refractivity contribution in [3.63, 3.8) is 0 Å². The number of carboxylic acids is 1. The summed E-state index contributed by atoms with van der Waals surface area (Å²) in [4.78, 5) is 18.5. The van der Waals surface area contributed by atoms with Gasteiger partial charge in [0.15, 0.2) is 5.69 Å². The number of aromatic nitrogens is 2. The molecule has 0 bridgehead atoms. The number of hydrogen-bond acceptors (Lipinski definition) is 5. The number of nitrogens with one attached hydrogen (secondary N) is 1. The van der Waals surface area contributed by atoms with Crippen molar-refractivity contribution in [3.05, 3.63) is 18.1 Å². The van der Waals surface area contributed by atoms with E-state index in [9.17, 15) is 4.79 Å². The Kier molecular flexibility index (Phi) is 3.23. The zero-order valence-corrected chi connectivity index (χ0v) is 9.64. The molecule has 0 atom stereocenters. The molecule has 0 unspecified atom stereocenters. The highest BCUT2D eigenvalue weighted by molar-refractivity contribution is 5.85. The fourth-order valence-electron chi connectivity index (χ4n) is 1.83. The lowest BCUT2D eigenvalue weighted by molar-refractivity contribution is -0.0601. The number of anilines is 1. The summed E-state index contributed by atoms with van der Waals surface area (Å²) in [6, 6.07) is 0. The van der Waals surface area contributed by atoms with Crippen LogP contribution in [0.4, 0.5) is 5.82 Å². The summed E-state index contributed by atoms with van der Waals surface area (Å²) in [5.74, 6) is -0.612. The summed E-state index contributed by atoms with van der Waals surface area (Å²) in [5.41, 5.74) is -0.184. The van der Waals surface area contributed by atoms with Gasteiger partial charge in [0.05, 0.1) is 18.0 Å². The summed E-state index contributed by atoms with van der Waals surface area (Å²) in [6.07, 6.45) is 5.93. The first-order chi connectivity index (χ1) is 8.15. The van der Waals surface area contributed by atoms with Crippen molar-refractivity contribution < 1.29 is 14.6 Å². The number of carbonyl (C=O) groups is 1. The number of rotatable bonds is 5. The molecule has 2 N–H and O–H groups in total. The van der Waals surface area contributed by atoms with E-state index in [1.165, 1.54) is 12.4 Å². The number of nitrogens with zero attached hydrogens (tertiary/aromatic N) is 2. The van der Waals surface area contributed by atoms with Crippen molar-refractivity contribution in [2.75, 3.05) is 19.0 Å². The molecule has 17 heavy (non-hydrogen) atoms. The number of ether oxygens (including phenoxy) is 1. The van der Waals surface area contributed by atoms with E-state index in [2.05, 4.69) is 15.3 Å². The van der Waals surface area contributed by atoms with Gasteiger partial charge in [-0.1, -0.05) is 0 Å². The first-order valence-corrected chi connectivity index (χ1v) is 5.50. The minimum absolute atomic E-state index is 0.0601. The quantitative estimate of drug-likeness (QED) is 0.799. The molecule has 0 amide bonds. The van der Waals surface area contributed by atoms with E-state index >= 15 is 0 Å². The van der Waals surface area contributed by atoms with E-state index in [4.69, 9.17) is 9.84 Å². The van der Waals surface area contributed by atoms with Crippen LogP contribution in [0.5, 0.6) is 0 Å². The Labute approximate surface area is 99.0 Å². The maximum absolute atomic E-state index is 10.7. The van der Waals surface area contributed by atoms with Crippen molar-refractivity contribution >= 4 is 11.8 Å². The van der Waals surface area contributed by atoms with Crippen LogP contribution in [0.1, 0.15) is 29.8 Å². The van der Waals surface area contributed by atoms with Gasteiger partial charge in [-0.05, 0) is 19.3 Å². The topological polar surface area (TPSA) is 84.3 Å². The number of aromatic carboxylic acids is 1. The van der Waals surface area contributed by atoms with Gasteiger partial charge in [-0.3, -0.25) is 4.98 Å². The van der Waals surface area contributed by atoms with Gasteiger partial charge in [0.1, 0.15) is 5.82 Å². The second-order valence-corrected chi connectivity index (χ2v) is 4.19. The van der Waals surface area contributed by atoms with Crippen LogP contribution in [0.3, 0.4) is 0 Å². The molecule has 1 aliphatic rings. The molecular formula is C11H15N3O3. The molecule has 0 radical (unpaired) electrons. The molecule has 1 heterocycles. The molecule has 6 nitrogen and oxygen atoms in total. The summed E-state index contributed by atoms with van der Waals surface area (Å²) < 4.78 is 5.45. The molecule has 1 aromatic heterocycles. The van der Waals surface area contributed by atoms with Crippen LogP contribution < -0.4 is 5.32 Å². The molecule has 6 heteroatoms. The Hall–Kier alpha value is -1.69. The van der Waals surface area contributed by atoms with Crippen LogP contribution in [0, 0.1) is 0 Å². The van der Waals surface area contributed by atoms with E-state index < -0.39 is 5.97 Å². The van der Waals surface area contributed by atoms with E-state index in [0.29, 0.717) is 12.4 Å². The highest BCUT2D eigenvalue weighted by atomic mass is 16.5. The van der Waals surface area contributed by atoms with Gasteiger partial charge in [0.2, 0.25) is 0 Å². The lowest BCUT2D eigenvalue weighted by Gasteiger charge is -2.40. The van der Waals surface area contributed by atoms with Crippen LogP contribution in [0.15, 0.2) is 12.4 Å². The van der Waals surface area contributed by atoms with Crippen LogP contribution in [-0.2, 0) is 4.74 Å². The highest BCUT2D eigenvalue weighted by Crippen LogP contribution is 2.34. The molecule has 0 aromatic carbocycles. The minimum atomic E-state index is -1.08. The molecule has 1 aromatic rings. The summed E-state index contributed by atoms with van der Waals surface area (Å²) in [6.45, 7) is 0.626. The molecule has 0 spiro atoms. The predicted molar refractivity (Wildman–Crippen MR) is 61.1 cm³/mol. The van der Waals surface area contributed by atoms with Crippen molar-refractivity contribution in [2.45, 2.75) is 24.9 Å². The van der Waals surface area contributed by atoms with Gasteiger partial charge < -0.3 is 15.2 Å². The van der Waals surface area contributed by atoms with Crippen LogP contribution in [0.25, 0.3) is 0 Å². The van der Waals surface area contributed by atoms with Crippen LogP contribution in [0.2, 0.25) is 0 Å². The number of methoxy groups -OCH3 is 1. The lowest BCUT2D eigenvalue weighted by Crippen LogP contribution is -2.45. The Morgan fingerprint density at radius 1 is 1.59 bits per heavy atom. The predicted octanol–water partition coefficient (Wildman–Crippen LogP) is 1.16. The Morgan fingerprint density at radius 3 is 2.88 bits per heavy atom. The third kappa shape index (κ3) is 2.52. The average Bonchev–Trinajstić information content (AvgIpc) is 2.28. The van der Waals surface area contributed by atoms with Gasteiger partial charge >= 0.3 is 5.97 Å². The average molecular weight is 237 g/mol. The second-order valence-electron chi connectivity index (χ2n) is 4.19. The van der Waals surface area contributed by atoms with Crippen LogP contribution >= 0.6 is 0 Å². The standard InChI is InChI=1S/C11H15N3O3/c1-17-11(3-2-4-11)7-13-9-6-12-5-8(14-9)10(15)16/h5-6H,2-4,7H2,1H3,(H,13,14)(H,15,16). The summed E-state index contributed by atoms with van der Waals surface area (Å²) >= 11 is 0. The first kappa shape index (κ1) is 11.8. The zero-order chi connectivity index (χ0) is 12.3. The number of carboxylic acid groups (broad SMARTS) is 1. The third-order valence-electron chi connectivity index (χ3n) is 3.14. The van der Waals surface area contributed by atoms with E-state index in [0.717, 1.165) is 19.3 Å². The largest absolute Gasteiger partial charge is 0.476 e. The minimum Gasteiger partial charge on any atom is -0.476 e. The van der Waals surface area contributed by atoms with Gasteiger partial charge in [0.25, 0.3) is 0 Å². The van der Waals surface area contributed by atoms with E-state index in [-0.39, 0.29) is 11.3 Å². The van der Waals surface area contributed by atoms with Crippen molar-refractivity contribution in [1.29, 1.82) is 0 Å². The Bertz CT molecular complexity index is 413. The molecule has 0 aliphatic heterocycles. The summed E-state index contributed by atoms with van der Waals surface area (Å²) in [7, 11) is 1.69. The summed E-state index contributed by atoms with van der Waals surface area (Å²) in [5, 5.41) is 11.9. The maximum atomic E-state index is 10.7. The molecule has 0 saturated heterocycles. The molecule has 1 aliphatic carbocycles. The smallest absolute Gasteiger partial charge is 0.356 e. The van der Waals surface area contributed by atoms with Gasteiger partial charge in [-0.25, -0.2) is 9.78 Å². The molecule has 1 fully saturated rings. The number of hydrogen-bond donors (Lipinski definition) is 2. The fraction of sp³-hybridized carbons (Fsp3) is 0.545. The van der Waals surface area contributed by atoms with E-state index in [1.54, 1.807) is 7.11 Å². The zero-order valence-electron chi connectivity index (χ0n) is 9.64. The van der Waals surface area contributed by atoms with Crippen molar-refractivity contribution in [2.24, 2.45) is 0 Å². The third-order valence-corrected chi connectivity index (χ3v) is 3.14. The SMILES string of the molecule is COC1(CNc2cncc(C(=O)O)n2)CCC1. The Morgan fingerprint density at radius 2 is 2.35 bits per heavy atom. The van der Waals surface area contributed by atoms with Crippen molar-refractivity contribution in [3.8, 4) is 0 Å². The monoisotopic (exact) mass is 237 g/mol. The van der Waals surface area contributed by atoms with E-state index in [1.807, 2.05) is 0 Å². The van der Waals surface area contributed by atoms with Gasteiger partial charge in [-0.15, -0.1) is 0 Å². The van der Waals surface area contributed by atoms with Gasteiger partial charge in [-0.2, -0.15) is 0 Å². The van der Waals surface area contributed by atoms with Gasteiger partial charge in [0, 0.05) is 13.7 Å². The fourth-order valence-corrected chi connectivity index (χ4v) is 1.83. The highest BCUT2D eigenvalue weighted by Gasteiger charge is 2.36. The second kappa shape index (κ2) is 4.67. The maximum Gasteiger partial charge on any atom is 0.356 e. The molecule has 1 saturated carbocycles. The van der Waals surface area contributed by atoms with Crippen molar-refractivity contribution in [1.82, 2.24) is 9.97 Å². The first-order valence-electron chi connectivity index (χ1n) is 5.50. The molecular weight excluding hydrogens is 222 g/mol. The molecule has 2 rings (SSSR count). The van der Waals surface area contributed by atoms with Crippen LogP contribution in [-0.4, -0.2) is 40.3 Å².